The molecule has 3 heteroatoms. The molecule has 0 fully saturated rings. The van der Waals surface area contributed by atoms with Gasteiger partial charge in [0.1, 0.15) is 0 Å². The van der Waals surface area contributed by atoms with E-state index in [9.17, 15) is 4.79 Å². The second-order valence-electron chi connectivity index (χ2n) is 2.78. The predicted octanol–water partition coefficient (Wildman–Crippen LogP) is 2.49. The Morgan fingerprint density at radius 3 is 2.38 bits per heavy atom. The molecule has 0 aliphatic rings. The van der Waals surface area contributed by atoms with Crippen molar-refractivity contribution in [2.75, 3.05) is 5.32 Å². The summed E-state index contributed by atoms with van der Waals surface area (Å²) in [7, 11) is 0. The van der Waals surface area contributed by atoms with Gasteiger partial charge >= 0.3 is 0 Å². The summed E-state index contributed by atoms with van der Waals surface area (Å²) in [6, 6.07) is 7.22. The fraction of sp³-hybridized carbons (Fsp3) is 0.100. The zero-order chi connectivity index (χ0) is 9.84. The van der Waals surface area contributed by atoms with Gasteiger partial charge in [-0.3, -0.25) is 4.79 Å². The molecule has 0 saturated carbocycles. The number of thiol groups is 1. The van der Waals surface area contributed by atoms with Crippen molar-refractivity contribution < 1.29 is 4.79 Å². The average molecular weight is 193 g/mol. The second kappa shape index (κ2) is 4.14. The van der Waals surface area contributed by atoms with E-state index in [2.05, 4.69) is 24.5 Å². The minimum absolute atomic E-state index is 0.160. The molecule has 0 atom stereocenters. The van der Waals surface area contributed by atoms with Crippen molar-refractivity contribution in [2.24, 2.45) is 0 Å². The number of anilines is 1. The Morgan fingerprint density at radius 1 is 1.38 bits per heavy atom. The number of carbonyl (C=O) groups is 1. The molecule has 0 saturated heterocycles. The van der Waals surface area contributed by atoms with Crippen molar-refractivity contribution in [1.29, 1.82) is 0 Å². The van der Waals surface area contributed by atoms with E-state index in [4.69, 9.17) is 0 Å². The Morgan fingerprint density at radius 2 is 1.92 bits per heavy atom. The summed E-state index contributed by atoms with van der Waals surface area (Å²) in [5.41, 5.74) is 1.25. The summed E-state index contributed by atoms with van der Waals surface area (Å²) >= 11 is 4.13. The predicted molar refractivity (Wildman–Crippen MR) is 57.1 cm³/mol. The van der Waals surface area contributed by atoms with Crippen LogP contribution in [0.4, 0.5) is 5.69 Å². The lowest BCUT2D eigenvalue weighted by Crippen LogP contribution is -2.11. The highest BCUT2D eigenvalue weighted by molar-refractivity contribution is 7.80. The number of benzene rings is 1. The molecular formula is C10H11NOS. The van der Waals surface area contributed by atoms with Crippen LogP contribution < -0.4 is 5.32 Å². The largest absolute Gasteiger partial charge is 0.322 e. The number of rotatable bonds is 2. The molecule has 0 heterocycles. The molecule has 1 aromatic rings. The third kappa shape index (κ3) is 2.95. The Kier molecular flexibility index (Phi) is 3.14. The molecule has 1 amide bonds. The first-order chi connectivity index (χ1) is 6.09. The van der Waals surface area contributed by atoms with Gasteiger partial charge in [-0.1, -0.05) is 6.58 Å². The van der Waals surface area contributed by atoms with Gasteiger partial charge in [0.25, 0.3) is 5.91 Å². The third-order valence-corrected chi connectivity index (χ3v) is 1.81. The molecule has 2 nitrogen and oxygen atoms in total. The normalized spacial score (nSPS) is 9.38. The molecule has 0 spiro atoms. The van der Waals surface area contributed by atoms with Crippen LogP contribution in [0.3, 0.4) is 0 Å². The van der Waals surface area contributed by atoms with Gasteiger partial charge in [0.05, 0.1) is 0 Å². The Bertz CT molecular complexity index is 329. The van der Waals surface area contributed by atoms with Gasteiger partial charge in [0.15, 0.2) is 0 Å². The van der Waals surface area contributed by atoms with Crippen LogP contribution >= 0.6 is 12.6 Å². The monoisotopic (exact) mass is 193 g/mol. The third-order valence-electron chi connectivity index (χ3n) is 1.51. The van der Waals surface area contributed by atoms with Crippen LogP contribution in [0.2, 0.25) is 0 Å². The molecular weight excluding hydrogens is 182 g/mol. The van der Waals surface area contributed by atoms with Crippen LogP contribution in [0, 0.1) is 0 Å². The molecule has 0 aliphatic heterocycles. The maximum Gasteiger partial charge on any atom is 0.250 e. The fourth-order valence-corrected chi connectivity index (χ4v) is 0.932. The van der Waals surface area contributed by atoms with E-state index in [-0.39, 0.29) is 5.91 Å². The molecule has 0 bridgehead atoms. The second-order valence-corrected chi connectivity index (χ2v) is 3.30. The highest BCUT2D eigenvalue weighted by atomic mass is 32.1. The summed E-state index contributed by atoms with van der Waals surface area (Å²) < 4.78 is 0. The van der Waals surface area contributed by atoms with Gasteiger partial charge in [-0.25, -0.2) is 0 Å². The summed E-state index contributed by atoms with van der Waals surface area (Å²) in [5, 5.41) is 2.70. The first-order valence-corrected chi connectivity index (χ1v) is 4.30. The summed E-state index contributed by atoms with van der Waals surface area (Å²) in [6.07, 6.45) is 0. The van der Waals surface area contributed by atoms with Crippen LogP contribution in [-0.2, 0) is 4.79 Å². The molecule has 0 aromatic heterocycles. The van der Waals surface area contributed by atoms with Crippen molar-refractivity contribution in [2.45, 2.75) is 11.8 Å². The van der Waals surface area contributed by atoms with Crippen molar-refractivity contribution in [1.82, 2.24) is 0 Å². The number of hydrogen-bond acceptors (Lipinski definition) is 2. The van der Waals surface area contributed by atoms with E-state index in [0.29, 0.717) is 5.57 Å². The van der Waals surface area contributed by atoms with Gasteiger partial charge < -0.3 is 5.32 Å². The zero-order valence-electron chi connectivity index (χ0n) is 7.37. The summed E-state index contributed by atoms with van der Waals surface area (Å²) in [4.78, 5) is 12.0. The Hall–Kier alpha value is -1.22. The molecule has 0 aliphatic carbocycles. The smallest absolute Gasteiger partial charge is 0.250 e. The van der Waals surface area contributed by atoms with Crippen molar-refractivity contribution in [3.63, 3.8) is 0 Å². The van der Waals surface area contributed by atoms with E-state index in [1.807, 2.05) is 12.1 Å². The Labute approximate surface area is 83.1 Å². The van der Waals surface area contributed by atoms with Gasteiger partial charge in [-0.2, -0.15) is 0 Å². The molecule has 13 heavy (non-hydrogen) atoms. The maximum atomic E-state index is 11.2. The highest BCUT2D eigenvalue weighted by Gasteiger charge is 2.00. The fourth-order valence-electron chi connectivity index (χ4n) is 0.783. The van der Waals surface area contributed by atoms with Gasteiger partial charge in [-0.05, 0) is 31.2 Å². The van der Waals surface area contributed by atoms with Crippen LogP contribution in [0.1, 0.15) is 6.92 Å². The standard InChI is InChI=1S/C10H11NOS/c1-7(2)10(12)11-8-3-5-9(13)6-4-8/h3-6,13H,1H2,2H3,(H,11,12). The molecule has 1 N–H and O–H groups in total. The quantitative estimate of drug-likeness (QED) is 0.548. The topological polar surface area (TPSA) is 29.1 Å². The summed E-state index contributed by atoms with van der Waals surface area (Å²) in [6.45, 7) is 5.21. The Balaban J connectivity index is 2.70. The number of hydrogen-bond donors (Lipinski definition) is 2. The molecule has 1 aromatic carbocycles. The minimum atomic E-state index is -0.160. The van der Waals surface area contributed by atoms with E-state index in [1.165, 1.54) is 0 Å². The lowest BCUT2D eigenvalue weighted by Gasteiger charge is -2.03. The number of nitrogens with one attached hydrogen (secondary N) is 1. The SMILES string of the molecule is C=C(C)C(=O)Nc1ccc(S)cc1. The van der Waals surface area contributed by atoms with Crippen LogP contribution in [-0.4, -0.2) is 5.91 Å². The minimum Gasteiger partial charge on any atom is -0.322 e. The maximum absolute atomic E-state index is 11.2. The number of carbonyl (C=O) groups excluding carboxylic acids is 1. The van der Waals surface area contributed by atoms with Crippen molar-refractivity contribution in [3.05, 3.63) is 36.4 Å². The van der Waals surface area contributed by atoms with E-state index >= 15 is 0 Å². The van der Waals surface area contributed by atoms with Crippen LogP contribution in [0.25, 0.3) is 0 Å². The first-order valence-electron chi connectivity index (χ1n) is 3.85. The molecule has 0 radical (unpaired) electrons. The summed E-state index contributed by atoms with van der Waals surface area (Å²) in [5.74, 6) is -0.160. The highest BCUT2D eigenvalue weighted by Crippen LogP contribution is 2.12. The molecule has 1 rings (SSSR count). The lowest BCUT2D eigenvalue weighted by atomic mass is 10.3. The molecule has 68 valence electrons. The number of amides is 1. The van der Waals surface area contributed by atoms with Gasteiger partial charge in [0.2, 0.25) is 0 Å². The van der Waals surface area contributed by atoms with Crippen LogP contribution in [0.5, 0.6) is 0 Å². The average Bonchev–Trinajstić information content (AvgIpc) is 2.08. The van der Waals surface area contributed by atoms with Gasteiger partial charge in [-0.15, -0.1) is 12.6 Å². The van der Waals surface area contributed by atoms with Crippen molar-refractivity contribution in [3.8, 4) is 0 Å². The lowest BCUT2D eigenvalue weighted by molar-refractivity contribution is -0.112. The van der Waals surface area contributed by atoms with Crippen molar-refractivity contribution >= 4 is 24.2 Å². The first kappa shape index (κ1) is 9.86. The van der Waals surface area contributed by atoms with Gasteiger partial charge in [0, 0.05) is 16.2 Å². The van der Waals surface area contributed by atoms with E-state index < -0.39 is 0 Å². The zero-order valence-corrected chi connectivity index (χ0v) is 8.27. The van der Waals surface area contributed by atoms with E-state index in [1.54, 1.807) is 19.1 Å². The van der Waals surface area contributed by atoms with E-state index in [0.717, 1.165) is 10.6 Å². The van der Waals surface area contributed by atoms with Crippen LogP contribution in [0.15, 0.2) is 41.3 Å². The molecule has 0 unspecified atom stereocenters.